The summed E-state index contributed by atoms with van der Waals surface area (Å²) in [5.74, 6) is -0.670. The summed E-state index contributed by atoms with van der Waals surface area (Å²) in [5, 5.41) is 0. The number of rotatable bonds is 7. The average Bonchev–Trinajstić information content (AvgIpc) is 3.16. The second-order valence-electron chi connectivity index (χ2n) is 7.10. The van der Waals surface area contributed by atoms with Crippen LogP contribution >= 0.6 is 15.9 Å². The van der Waals surface area contributed by atoms with Crippen LogP contribution in [-0.2, 0) is 25.8 Å². The molecule has 1 aliphatic heterocycles. The number of hydrogen-bond donors (Lipinski definition) is 0. The fourth-order valence-corrected chi connectivity index (χ4v) is 5.89. The van der Waals surface area contributed by atoms with E-state index in [-0.39, 0.29) is 28.9 Å². The van der Waals surface area contributed by atoms with Crippen LogP contribution in [0.2, 0.25) is 0 Å². The second-order valence-corrected chi connectivity index (χ2v) is 10.1. The SMILES string of the molecule is CCC(=O)N1CCc2cc(Br)cc(S(=O)(=O)CCC(=O)N(CC)c3ccccc3)c21. The van der Waals surface area contributed by atoms with Crippen LogP contribution in [0.3, 0.4) is 0 Å². The van der Waals surface area contributed by atoms with Crippen molar-refractivity contribution in [2.24, 2.45) is 0 Å². The van der Waals surface area contributed by atoms with Gasteiger partial charge < -0.3 is 9.80 Å². The van der Waals surface area contributed by atoms with Gasteiger partial charge in [0.25, 0.3) is 0 Å². The predicted octanol–water partition coefficient (Wildman–Crippen LogP) is 3.97. The second kappa shape index (κ2) is 9.31. The number of nitrogens with zero attached hydrogens (tertiary/aromatic N) is 2. The molecule has 0 spiro atoms. The van der Waals surface area contributed by atoms with Crippen LogP contribution in [0.1, 0.15) is 32.3 Å². The highest BCUT2D eigenvalue weighted by atomic mass is 79.9. The lowest BCUT2D eigenvalue weighted by atomic mass is 10.2. The first kappa shape index (κ1) is 22.5. The van der Waals surface area contributed by atoms with Gasteiger partial charge in [0.15, 0.2) is 9.84 Å². The van der Waals surface area contributed by atoms with E-state index < -0.39 is 9.84 Å². The number of hydrogen-bond acceptors (Lipinski definition) is 4. The minimum absolute atomic E-state index is 0.107. The summed E-state index contributed by atoms with van der Waals surface area (Å²) < 4.78 is 27.1. The summed E-state index contributed by atoms with van der Waals surface area (Å²) in [6, 6.07) is 12.6. The molecule has 1 aliphatic rings. The lowest BCUT2D eigenvalue weighted by molar-refractivity contribution is -0.119. The standard InChI is InChI=1S/C22H25BrN2O4S/c1-3-20(26)25-12-10-16-14-17(23)15-19(22(16)25)30(28,29)13-11-21(27)24(4-2)18-8-6-5-7-9-18/h5-9,14-15H,3-4,10-13H2,1-2H3. The fraction of sp³-hybridized carbons (Fsp3) is 0.364. The van der Waals surface area contributed by atoms with Gasteiger partial charge in [-0.05, 0) is 43.2 Å². The number of amides is 2. The third-order valence-electron chi connectivity index (χ3n) is 5.20. The van der Waals surface area contributed by atoms with E-state index in [1.54, 1.807) is 16.7 Å². The number of benzene rings is 2. The van der Waals surface area contributed by atoms with E-state index in [4.69, 9.17) is 0 Å². The number of fused-ring (bicyclic) bond motifs is 1. The molecule has 160 valence electrons. The maximum Gasteiger partial charge on any atom is 0.228 e. The van der Waals surface area contributed by atoms with Crippen molar-refractivity contribution >= 4 is 49.0 Å². The van der Waals surface area contributed by atoms with Gasteiger partial charge in [-0.1, -0.05) is 41.1 Å². The Labute approximate surface area is 185 Å². The Morgan fingerprint density at radius 3 is 2.47 bits per heavy atom. The molecule has 0 saturated heterocycles. The van der Waals surface area contributed by atoms with Crippen LogP contribution in [0.25, 0.3) is 0 Å². The topological polar surface area (TPSA) is 74.8 Å². The van der Waals surface area contributed by atoms with Crippen LogP contribution in [-0.4, -0.2) is 39.1 Å². The number of para-hydroxylation sites is 1. The van der Waals surface area contributed by atoms with Crippen molar-refractivity contribution < 1.29 is 18.0 Å². The van der Waals surface area contributed by atoms with E-state index in [1.165, 1.54) is 6.07 Å². The van der Waals surface area contributed by atoms with Crippen molar-refractivity contribution in [3.63, 3.8) is 0 Å². The monoisotopic (exact) mass is 492 g/mol. The van der Waals surface area contributed by atoms with Crippen molar-refractivity contribution in [1.29, 1.82) is 0 Å². The molecule has 2 amide bonds. The first-order chi connectivity index (χ1) is 14.3. The number of sulfone groups is 1. The van der Waals surface area contributed by atoms with Crippen LogP contribution in [0.15, 0.2) is 51.8 Å². The molecule has 1 heterocycles. The highest BCUT2D eigenvalue weighted by Gasteiger charge is 2.32. The zero-order valence-corrected chi connectivity index (χ0v) is 19.5. The number of halogens is 1. The van der Waals surface area contributed by atoms with E-state index in [9.17, 15) is 18.0 Å². The van der Waals surface area contributed by atoms with Gasteiger partial charge in [-0.2, -0.15) is 0 Å². The van der Waals surface area contributed by atoms with Gasteiger partial charge in [0.05, 0.1) is 16.3 Å². The van der Waals surface area contributed by atoms with Gasteiger partial charge in [0, 0.05) is 36.1 Å². The zero-order chi connectivity index (χ0) is 21.9. The molecule has 3 rings (SSSR count). The molecule has 8 heteroatoms. The Morgan fingerprint density at radius 1 is 1.13 bits per heavy atom. The smallest absolute Gasteiger partial charge is 0.228 e. The molecule has 0 aliphatic carbocycles. The molecule has 0 unspecified atom stereocenters. The van der Waals surface area contributed by atoms with Crippen molar-refractivity contribution in [2.75, 3.05) is 28.6 Å². The summed E-state index contributed by atoms with van der Waals surface area (Å²) in [7, 11) is -3.77. The molecule has 0 N–H and O–H groups in total. The Hall–Kier alpha value is -2.19. The van der Waals surface area contributed by atoms with Crippen LogP contribution < -0.4 is 9.80 Å². The number of carbonyl (C=O) groups excluding carboxylic acids is 2. The molecule has 6 nitrogen and oxygen atoms in total. The molecule has 0 atom stereocenters. The quantitative estimate of drug-likeness (QED) is 0.585. The van der Waals surface area contributed by atoms with Gasteiger partial charge in [-0.15, -0.1) is 0 Å². The largest absolute Gasteiger partial charge is 0.313 e. The summed E-state index contributed by atoms with van der Waals surface area (Å²) >= 11 is 3.38. The molecule has 2 aromatic rings. The normalized spacial score (nSPS) is 13.2. The summed E-state index contributed by atoms with van der Waals surface area (Å²) in [6.45, 7) is 4.54. The van der Waals surface area contributed by atoms with Crippen LogP contribution in [0.5, 0.6) is 0 Å². The van der Waals surface area contributed by atoms with Gasteiger partial charge in [-0.25, -0.2) is 8.42 Å². The molecule has 0 bridgehead atoms. The van der Waals surface area contributed by atoms with Crippen molar-refractivity contribution in [2.45, 2.75) is 38.0 Å². The van der Waals surface area contributed by atoms with Gasteiger partial charge in [0.2, 0.25) is 11.8 Å². The zero-order valence-electron chi connectivity index (χ0n) is 17.1. The van der Waals surface area contributed by atoms with Gasteiger partial charge in [-0.3, -0.25) is 9.59 Å². The maximum atomic E-state index is 13.2. The fourth-order valence-electron chi connectivity index (χ4n) is 3.72. The Morgan fingerprint density at radius 2 is 1.83 bits per heavy atom. The number of anilines is 2. The average molecular weight is 493 g/mol. The van der Waals surface area contributed by atoms with Gasteiger partial charge >= 0.3 is 0 Å². The Balaban J connectivity index is 1.86. The summed E-state index contributed by atoms with van der Waals surface area (Å²) in [5.41, 5.74) is 2.04. The lowest BCUT2D eigenvalue weighted by Gasteiger charge is -2.22. The van der Waals surface area contributed by atoms with Crippen molar-refractivity contribution in [3.8, 4) is 0 Å². The lowest BCUT2D eigenvalue weighted by Crippen LogP contribution is -2.32. The highest BCUT2D eigenvalue weighted by molar-refractivity contribution is 9.10. The first-order valence-electron chi connectivity index (χ1n) is 9.99. The Kier molecular flexibility index (Phi) is 6.98. The minimum Gasteiger partial charge on any atom is -0.313 e. The van der Waals surface area contributed by atoms with E-state index in [2.05, 4.69) is 15.9 Å². The van der Waals surface area contributed by atoms with E-state index in [0.29, 0.717) is 36.1 Å². The first-order valence-corrected chi connectivity index (χ1v) is 12.4. The molecule has 30 heavy (non-hydrogen) atoms. The minimum atomic E-state index is -3.77. The molecule has 0 aromatic heterocycles. The molecule has 0 radical (unpaired) electrons. The molecule has 0 saturated carbocycles. The molecule has 0 fully saturated rings. The predicted molar refractivity (Wildman–Crippen MR) is 122 cm³/mol. The summed E-state index contributed by atoms with van der Waals surface area (Å²) in [4.78, 5) is 28.4. The van der Waals surface area contributed by atoms with Crippen molar-refractivity contribution in [3.05, 3.63) is 52.5 Å². The Bertz CT molecular complexity index is 1050. The third kappa shape index (κ3) is 4.59. The van der Waals surface area contributed by atoms with E-state index >= 15 is 0 Å². The highest BCUT2D eigenvalue weighted by Crippen LogP contribution is 2.38. The van der Waals surface area contributed by atoms with E-state index in [1.807, 2.05) is 43.3 Å². The van der Waals surface area contributed by atoms with E-state index in [0.717, 1.165) is 11.3 Å². The van der Waals surface area contributed by atoms with Crippen molar-refractivity contribution in [1.82, 2.24) is 0 Å². The van der Waals surface area contributed by atoms with Crippen LogP contribution in [0, 0.1) is 0 Å². The van der Waals surface area contributed by atoms with Gasteiger partial charge in [0.1, 0.15) is 0 Å². The number of carbonyl (C=O) groups is 2. The molecular weight excluding hydrogens is 468 g/mol. The maximum absolute atomic E-state index is 13.2. The summed E-state index contributed by atoms with van der Waals surface area (Å²) in [6.07, 6.45) is 0.781. The third-order valence-corrected chi connectivity index (χ3v) is 7.38. The molecular formula is C22H25BrN2O4S. The molecule has 2 aromatic carbocycles. The van der Waals surface area contributed by atoms with Crippen LogP contribution in [0.4, 0.5) is 11.4 Å².